The molecular formula is C15H24ClNO3. The molecule has 0 aliphatic carbocycles. The number of hydrogen-bond donors (Lipinski definition) is 1. The summed E-state index contributed by atoms with van der Waals surface area (Å²) in [6.07, 6.45) is 0. The molecule has 0 bridgehead atoms. The second kappa shape index (κ2) is 8.35. The second-order valence-electron chi connectivity index (χ2n) is 4.96. The van der Waals surface area contributed by atoms with Crippen molar-refractivity contribution in [3.05, 3.63) is 22.7 Å². The molecule has 1 N–H and O–H groups in total. The van der Waals surface area contributed by atoms with Crippen LogP contribution in [0.4, 0.5) is 0 Å². The van der Waals surface area contributed by atoms with Crippen molar-refractivity contribution in [2.75, 3.05) is 27.9 Å². The maximum absolute atomic E-state index is 6.36. The van der Waals surface area contributed by atoms with E-state index < -0.39 is 0 Å². The fourth-order valence-electron chi connectivity index (χ4n) is 1.97. The summed E-state index contributed by atoms with van der Waals surface area (Å²) in [6, 6.07) is 4.09. The fraction of sp³-hybridized carbons (Fsp3) is 0.600. The van der Waals surface area contributed by atoms with E-state index in [1.165, 1.54) is 0 Å². The van der Waals surface area contributed by atoms with E-state index in [-0.39, 0.29) is 6.04 Å². The molecule has 0 amide bonds. The normalized spacial score (nSPS) is 12.6. The van der Waals surface area contributed by atoms with Crippen LogP contribution in [0.3, 0.4) is 0 Å². The maximum Gasteiger partial charge on any atom is 0.179 e. The second-order valence-corrected chi connectivity index (χ2v) is 5.34. The van der Waals surface area contributed by atoms with Crippen molar-refractivity contribution < 1.29 is 14.2 Å². The quantitative estimate of drug-likeness (QED) is 0.801. The summed E-state index contributed by atoms with van der Waals surface area (Å²) in [5.41, 5.74) is 0.978. The van der Waals surface area contributed by atoms with Gasteiger partial charge in [0, 0.05) is 19.7 Å². The van der Waals surface area contributed by atoms with Crippen LogP contribution < -0.4 is 14.8 Å². The van der Waals surface area contributed by atoms with Gasteiger partial charge in [0.15, 0.2) is 11.5 Å². The number of hydrogen-bond acceptors (Lipinski definition) is 4. The van der Waals surface area contributed by atoms with E-state index in [2.05, 4.69) is 19.2 Å². The lowest BCUT2D eigenvalue weighted by Crippen LogP contribution is -2.37. The predicted octanol–water partition coefficient (Wildman–Crippen LogP) is 3.12. The number of rotatable bonds is 8. The molecule has 0 aliphatic rings. The van der Waals surface area contributed by atoms with Crippen molar-refractivity contribution in [3.8, 4) is 11.5 Å². The molecule has 0 aliphatic heterocycles. The van der Waals surface area contributed by atoms with Crippen molar-refractivity contribution in [1.29, 1.82) is 0 Å². The number of nitrogens with one attached hydrogen (secondary N) is 1. The molecule has 1 aromatic carbocycles. The first-order chi connectivity index (χ1) is 9.54. The molecular weight excluding hydrogens is 278 g/mol. The molecule has 1 rings (SSSR count). The van der Waals surface area contributed by atoms with Crippen molar-refractivity contribution in [2.45, 2.75) is 26.4 Å². The van der Waals surface area contributed by atoms with E-state index in [1.54, 1.807) is 21.3 Å². The Kier molecular flexibility index (Phi) is 7.13. The molecule has 5 heteroatoms. The Balaban J connectivity index is 2.82. The predicted molar refractivity (Wildman–Crippen MR) is 81.9 cm³/mol. The Bertz CT molecular complexity index is 424. The molecule has 0 spiro atoms. The largest absolute Gasteiger partial charge is 0.493 e. The van der Waals surface area contributed by atoms with Crippen LogP contribution in [0.1, 0.15) is 19.4 Å². The zero-order valence-corrected chi connectivity index (χ0v) is 13.6. The minimum absolute atomic E-state index is 0.282. The molecule has 4 nitrogen and oxygen atoms in total. The molecule has 0 aromatic heterocycles. The minimum atomic E-state index is 0.282. The van der Waals surface area contributed by atoms with Crippen LogP contribution >= 0.6 is 11.6 Å². The number of ether oxygens (including phenoxy) is 3. The molecule has 114 valence electrons. The molecule has 1 atom stereocenters. The topological polar surface area (TPSA) is 39.7 Å². The summed E-state index contributed by atoms with van der Waals surface area (Å²) >= 11 is 6.36. The van der Waals surface area contributed by atoms with Gasteiger partial charge in [-0.05, 0) is 17.5 Å². The molecule has 0 saturated heterocycles. The van der Waals surface area contributed by atoms with Gasteiger partial charge in [-0.3, -0.25) is 0 Å². The van der Waals surface area contributed by atoms with E-state index in [9.17, 15) is 0 Å². The van der Waals surface area contributed by atoms with Crippen LogP contribution in [0.2, 0.25) is 5.02 Å². The summed E-state index contributed by atoms with van der Waals surface area (Å²) in [6.45, 7) is 5.65. The van der Waals surface area contributed by atoms with Gasteiger partial charge in [-0.2, -0.15) is 0 Å². The van der Waals surface area contributed by atoms with Gasteiger partial charge in [0.1, 0.15) is 0 Å². The van der Waals surface area contributed by atoms with Crippen LogP contribution in [0.5, 0.6) is 11.5 Å². The van der Waals surface area contributed by atoms with Crippen LogP contribution in [-0.2, 0) is 11.3 Å². The van der Waals surface area contributed by atoms with Gasteiger partial charge in [0.05, 0.1) is 25.8 Å². The molecule has 0 saturated carbocycles. The lowest BCUT2D eigenvalue weighted by atomic mass is 10.0. The smallest absolute Gasteiger partial charge is 0.179 e. The average Bonchev–Trinajstić information content (AvgIpc) is 2.43. The van der Waals surface area contributed by atoms with Crippen molar-refractivity contribution in [2.24, 2.45) is 5.92 Å². The Hall–Kier alpha value is -0.970. The Morgan fingerprint density at radius 3 is 2.35 bits per heavy atom. The highest BCUT2D eigenvalue weighted by Crippen LogP contribution is 2.37. The fourth-order valence-corrected chi connectivity index (χ4v) is 2.27. The molecule has 0 heterocycles. The molecule has 1 aromatic rings. The Labute approximate surface area is 126 Å². The first-order valence-corrected chi connectivity index (χ1v) is 7.04. The highest BCUT2D eigenvalue weighted by molar-refractivity contribution is 6.33. The first-order valence-electron chi connectivity index (χ1n) is 6.66. The number of halogens is 1. The SMILES string of the molecule is COCC(NCc1ccc(OC)c(OC)c1Cl)C(C)C. The molecule has 0 fully saturated rings. The first kappa shape index (κ1) is 17.1. The molecule has 20 heavy (non-hydrogen) atoms. The zero-order valence-electron chi connectivity index (χ0n) is 12.8. The highest BCUT2D eigenvalue weighted by Gasteiger charge is 2.16. The zero-order chi connectivity index (χ0) is 15.1. The van der Waals surface area contributed by atoms with Crippen LogP contribution in [-0.4, -0.2) is 34.0 Å². The van der Waals surface area contributed by atoms with Crippen molar-refractivity contribution >= 4 is 11.6 Å². The van der Waals surface area contributed by atoms with Crippen LogP contribution in [0.15, 0.2) is 12.1 Å². The molecule has 1 unspecified atom stereocenters. The van der Waals surface area contributed by atoms with Crippen molar-refractivity contribution in [1.82, 2.24) is 5.32 Å². The van der Waals surface area contributed by atoms with Gasteiger partial charge in [-0.1, -0.05) is 31.5 Å². The maximum atomic E-state index is 6.36. The Morgan fingerprint density at radius 1 is 1.15 bits per heavy atom. The summed E-state index contributed by atoms with van der Waals surface area (Å²) in [5, 5.41) is 4.04. The standard InChI is InChI=1S/C15H24ClNO3/c1-10(2)12(9-18-3)17-8-11-6-7-13(19-4)15(20-5)14(11)16/h6-7,10,12,17H,8-9H2,1-5H3. The minimum Gasteiger partial charge on any atom is -0.493 e. The third-order valence-corrected chi connectivity index (χ3v) is 3.69. The number of benzene rings is 1. The lowest BCUT2D eigenvalue weighted by molar-refractivity contribution is 0.146. The molecule has 0 radical (unpaired) electrons. The summed E-state index contributed by atoms with van der Waals surface area (Å²) < 4.78 is 15.7. The summed E-state index contributed by atoms with van der Waals surface area (Å²) in [4.78, 5) is 0. The Morgan fingerprint density at radius 2 is 1.85 bits per heavy atom. The van der Waals surface area contributed by atoms with E-state index in [0.29, 0.717) is 35.6 Å². The summed E-state index contributed by atoms with van der Waals surface area (Å²) in [5.74, 6) is 1.69. The van der Waals surface area contributed by atoms with Gasteiger partial charge in [-0.15, -0.1) is 0 Å². The van der Waals surface area contributed by atoms with E-state index in [4.69, 9.17) is 25.8 Å². The third-order valence-electron chi connectivity index (χ3n) is 3.27. The van der Waals surface area contributed by atoms with E-state index in [0.717, 1.165) is 5.56 Å². The third kappa shape index (κ3) is 4.27. The van der Waals surface area contributed by atoms with Crippen LogP contribution in [0, 0.1) is 5.92 Å². The van der Waals surface area contributed by atoms with E-state index in [1.807, 2.05) is 12.1 Å². The van der Waals surface area contributed by atoms with Gasteiger partial charge < -0.3 is 19.5 Å². The van der Waals surface area contributed by atoms with Crippen LogP contribution in [0.25, 0.3) is 0 Å². The monoisotopic (exact) mass is 301 g/mol. The van der Waals surface area contributed by atoms with Gasteiger partial charge in [0.2, 0.25) is 0 Å². The van der Waals surface area contributed by atoms with Gasteiger partial charge in [-0.25, -0.2) is 0 Å². The van der Waals surface area contributed by atoms with Gasteiger partial charge >= 0.3 is 0 Å². The highest BCUT2D eigenvalue weighted by atomic mass is 35.5. The van der Waals surface area contributed by atoms with Gasteiger partial charge in [0.25, 0.3) is 0 Å². The van der Waals surface area contributed by atoms with E-state index >= 15 is 0 Å². The number of methoxy groups -OCH3 is 3. The summed E-state index contributed by atoms with van der Waals surface area (Å²) in [7, 11) is 4.89. The lowest BCUT2D eigenvalue weighted by Gasteiger charge is -2.22. The van der Waals surface area contributed by atoms with Crippen molar-refractivity contribution in [3.63, 3.8) is 0 Å². The average molecular weight is 302 g/mol.